The largest absolute Gasteiger partial charge is 0.469 e. The predicted molar refractivity (Wildman–Crippen MR) is 86.2 cm³/mol. The molecule has 21 heavy (non-hydrogen) atoms. The van der Waals surface area contributed by atoms with Crippen molar-refractivity contribution in [1.82, 2.24) is 10.2 Å². The summed E-state index contributed by atoms with van der Waals surface area (Å²) in [6.45, 7) is 0. The molecule has 112 valence electrons. The van der Waals surface area contributed by atoms with Crippen LogP contribution in [-0.4, -0.2) is 43.1 Å². The van der Waals surface area contributed by atoms with Gasteiger partial charge in [-0.1, -0.05) is 53.4 Å². The zero-order valence-corrected chi connectivity index (χ0v) is 13.8. The van der Waals surface area contributed by atoms with Gasteiger partial charge in [-0.3, -0.25) is 4.79 Å². The lowest BCUT2D eigenvalue weighted by atomic mass is 10.0. The van der Waals surface area contributed by atoms with Gasteiger partial charge < -0.3 is 9.64 Å². The van der Waals surface area contributed by atoms with Crippen molar-refractivity contribution in [3.63, 3.8) is 0 Å². The first-order valence-electron chi connectivity index (χ1n) is 6.38. The molecule has 7 heteroatoms. The fourth-order valence-electron chi connectivity index (χ4n) is 1.72. The normalized spacial score (nSPS) is 12.0. The molecule has 0 N–H and O–H groups in total. The monoisotopic (exact) mass is 323 g/mol. The molecule has 1 aromatic carbocycles. The highest BCUT2D eigenvalue weighted by atomic mass is 32.2. The zero-order chi connectivity index (χ0) is 15.2. The molecule has 1 heterocycles. The number of hydrogen-bond acceptors (Lipinski definition) is 7. The third-order valence-electron chi connectivity index (χ3n) is 2.84. The van der Waals surface area contributed by atoms with Crippen molar-refractivity contribution in [3.8, 4) is 0 Å². The lowest BCUT2D eigenvalue weighted by Gasteiger charge is -2.13. The molecule has 1 atom stereocenters. The minimum absolute atomic E-state index is 0.231. The quantitative estimate of drug-likeness (QED) is 0.602. The van der Waals surface area contributed by atoms with E-state index in [2.05, 4.69) is 10.2 Å². The van der Waals surface area contributed by atoms with Gasteiger partial charge in [0.15, 0.2) is 4.34 Å². The molecule has 0 radical (unpaired) electrons. The van der Waals surface area contributed by atoms with Gasteiger partial charge in [0.25, 0.3) is 0 Å². The SMILES string of the molecule is COC(=O)C(CSc1nnc(N(C)C)s1)c1ccccc1. The molecule has 0 spiro atoms. The van der Waals surface area contributed by atoms with E-state index in [9.17, 15) is 4.79 Å². The molecule has 5 nitrogen and oxygen atoms in total. The van der Waals surface area contributed by atoms with Crippen molar-refractivity contribution in [1.29, 1.82) is 0 Å². The van der Waals surface area contributed by atoms with Crippen LogP contribution in [0.25, 0.3) is 0 Å². The average molecular weight is 323 g/mol. The first-order chi connectivity index (χ1) is 10.1. The van der Waals surface area contributed by atoms with Gasteiger partial charge in [-0.15, -0.1) is 10.2 Å². The lowest BCUT2D eigenvalue weighted by Crippen LogP contribution is -2.16. The van der Waals surface area contributed by atoms with Gasteiger partial charge in [-0.05, 0) is 5.56 Å². The maximum atomic E-state index is 12.0. The van der Waals surface area contributed by atoms with E-state index in [1.165, 1.54) is 30.2 Å². The summed E-state index contributed by atoms with van der Waals surface area (Å²) in [6.07, 6.45) is 0. The van der Waals surface area contributed by atoms with Gasteiger partial charge >= 0.3 is 5.97 Å². The Bertz CT molecular complexity index is 587. The lowest BCUT2D eigenvalue weighted by molar-refractivity contribution is -0.141. The number of nitrogens with zero attached hydrogens (tertiary/aromatic N) is 3. The molecule has 0 amide bonds. The smallest absolute Gasteiger partial charge is 0.313 e. The summed E-state index contributed by atoms with van der Waals surface area (Å²) in [5.41, 5.74) is 0.953. The Labute approximate surface area is 132 Å². The summed E-state index contributed by atoms with van der Waals surface area (Å²) < 4.78 is 5.76. The highest BCUT2D eigenvalue weighted by molar-refractivity contribution is 8.01. The Morgan fingerprint density at radius 3 is 2.62 bits per heavy atom. The zero-order valence-electron chi connectivity index (χ0n) is 12.1. The molecule has 0 saturated carbocycles. The molecular weight excluding hydrogens is 306 g/mol. The Hall–Kier alpha value is -1.60. The van der Waals surface area contributed by atoms with Crippen molar-refractivity contribution < 1.29 is 9.53 Å². The number of hydrogen-bond donors (Lipinski definition) is 0. The molecule has 1 unspecified atom stereocenters. The Kier molecular flexibility index (Phi) is 5.58. The van der Waals surface area contributed by atoms with Crippen molar-refractivity contribution in [2.75, 3.05) is 31.9 Å². The fourth-order valence-corrected chi connectivity index (χ4v) is 3.63. The number of benzene rings is 1. The van der Waals surface area contributed by atoms with E-state index in [0.717, 1.165) is 15.0 Å². The number of aromatic nitrogens is 2. The van der Waals surface area contributed by atoms with Gasteiger partial charge in [-0.25, -0.2) is 0 Å². The van der Waals surface area contributed by atoms with Crippen LogP contribution in [0.1, 0.15) is 11.5 Å². The molecule has 0 aliphatic heterocycles. The molecule has 0 aliphatic rings. The fraction of sp³-hybridized carbons (Fsp3) is 0.357. The maximum Gasteiger partial charge on any atom is 0.313 e. The Morgan fingerprint density at radius 1 is 1.33 bits per heavy atom. The molecule has 0 aliphatic carbocycles. The van der Waals surface area contributed by atoms with Crippen LogP contribution in [0.5, 0.6) is 0 Å². The second-order valence-electron chi connectivity index (χ2n) is 4.54. The maximum absolute atomic E-state index is 12.0. The second-order valence-corrected chi connectivity index (χ2v) is 6.77. The Balaban J connectivity index is 2.07. The number of esters is 1. The highest BCUT2D eigenvalue weighted by Crippen LogP contribution is 2.31. The third kappa shape index (κ3) is 4.18. The van der Waals surface area contributed by atoms with Gasteiger partial charge in [0.1, 0.15) is 0 Å². The van der Waals surface area contributed by atoms with Crippen LogP contribution in [0.2, 0.25) is 0 Å². The molecule has 0 saturated heterocycles. The minimum Gasteiger partial charge on any atom is -0.469 e. The summed E-state index contributed by atoms with van der Waals surface area (Å²) in [7, 11) is 5.27. The van der Waals surface area contributed by atoms with E-state index in [0.29, 0.717) is 5.75 Å². The Morgan fingerprint density at radius 2 is 2.05 bits per heavy atom. The van der Waals surface area contributed by atoms with Crippen LogP contribution in [0.15, 0.2) is 34.7 Å². The summed E-state index contributed by atoms with van der Waals surface area (Å²) in [4.78, 5) is 13.9. The average Bonchev–Trinajstić information content (AvgIpc) is 2.97. The van der Waals surface area contributed by atoms with Gasteiger partial charge in [0, 0.05) is 19.8 Å². The van der Waals surface area contributed by atoms with E-state index in [1.54, 1.807) is 0 Å². The van der Waals surface area contributed by atoms with Crippen LogP contribution in [0.3, 0.4) is 0 Å². The minimum atomic E-state index is -0.298. The first-order valence-corrected chi connectivity index (χ1v) is 8.18. The molecule has 2 rings (SSSR count). The van der Waals surface area contributed by atoms with E-state index in [1.807, 2.05) is 49.3 Å². The predicted octanol–water partition coefficient (Wildman–Crippen LogP) is 2.65. The van der Waals surface area contributed by atoms with E-state index >= 15 is 0 Å². The topological polar surface area (TPSA) is 55.3 Å². The molecular formula is C14H17N3O2S2. The van der Waals surface area contributed by atoms with E-state index in [4.69, 9.17) is 4.74 Å². The number of methoxy groups -OCH3 is 1. The number of rotatable bonds is 6. The van der Waals surface area contributed by atoms with Crippen molar-refractivity contribution in [3.05, 3.63) is 35.9 Å². The van der Waals surface area contributed by atoms with Crippen LogP contribution < -0.4 is 4.90 Å². The van der Waals surface area contributed by atoms with Crippen molar-refractivity contribution in [2.24, 2.45) is 0 Å². The molecule has 1 aromatic heterocycles. The number of anilines is 1. The van der Waals surface area contributed by atoms with Gasteiger partial charge in [0.2, 0.25) is 5.13 Å². The number of carbonyl (C=O) groups is 1. The van der Waals surface area contributed by atoms with Crippen LogP contribution in [0.4, 0.5) is 5.13 Å². The third-order valence-corrected chi connectivity index (χ3v) is 5.16. The van der Waals surface area contributed by atoms with Gasteiger partial charge in [0.05, 0.1) is 13.0 Å². The summed E-state index contributed by atoms with van der Waals surface area (Å²) in [5, 5.41) is 9.07. The van der Waals surface area contributed by atoms with Gasteiger partial charge in [-0.2, -0.15) is 0 Å². The van der Waals surface area contributed by atoms with E-state index < -0.39 is 0 Å². The van der Waals surface area contributed by atoms with E-state index in [-0.39, 0.29) is 11.9 Å². The van der Waals surface area contributed by atoms with Crippen LogP contribution >= 0.6 is 23.1 Å². The van der Waals surface area contributed by atoms with Crippen molar-refractivity contribution in [2.45, 2.75) is 10.3 Å². The standard InChI is InChI=1S/C14H17N3O2S2/c1-17(2)13-15-16-14(21-13)20-9-11(12(18)19-3)10-7-5-4-6-8-10/h4-8,11H,9H2,1-3H3. The van der Waals surface area contributed by atoms with Crippen LogP contribution in [-0.2, 0) is 9.53 Å². The second kappa shape index (κ2) is 7.42. The summed E-state index contributed by atoms with van der Waals surface area (Å²) in [6, 6.07) is 9.65. The van der Waals surface area contributed by atoms with Crippen LogP contribution in [0, 0.1) is 0 Å². The molecule has 0 fully saturated rings. The summed E-state index contributed by atoms with van der Waals surface area (Å²) in [5.74, 6) is 0.0533. The number of thioether (sulfide) groups is 1. The summed E-state index contributed by atoms with van der Waals surface area (Å²) >= 11 is 3.03. The molecule has 0 bridgehead atoms. The van der Waals surface area contributed by atoms with Crippen molar-refractivity contribution >= 4 is 34.2 Å². The number of carbonyl (C=O) groups excluding carboxylic acids is 1. The highest BCUT2D eigenvalue weighted by Gasteiger charge is 2.22. The first kappa shape index (κ1) is 15.8. The molecule has 2 aromatic rings. The number of ether oxygens (including phenoxy) is 1.